The van der Waals surface area contributed by atoms with Crippen LogP contribution in [0.4, 0.5) is 5.13 Å². The van der Waals surface area contributed by atoms with Gasteiger partial charge in [0.2, 0.25) is 11.8 Å². The van der Waals surface area contributed by atoms with Crippen LogP contribution in [0, 0.1) is 0 Å². The van der Waals surface area contributed by atoms with Gasteiger partial charge >= 0.3 is 0 Å². The highest BCUT2D eigenvalue weighted by Gasteiger charge is 2.29. The van der Waals surface area contributed by atoms with E-state index in [4.69, 9.17) is 0 Å². The Morgan fingerprint density at radius 2 is 2.25 bits per heavy atom. The van der Waals surface area contributed by atoms with E-state index in [0.717, 1.165) is 5.56 Å². The van der Waals surface area contributed by atoms with Crippen LogP contribution in [-0.2, 0) is 16.0 Å². The molecule has 2 aromatic heterocycles. The molecule has 0 unspecified atom stereocenters. The lowest BCUT2D eigenvalue weighted by atomic mass is 10.2. The molecule has 0 N–H and O–H groups in total. The molecule has 0 atom stereocenters. The SMILES string of the molecule is O=C(Cc1ccsc1)N1CCN(c2nccs2)C(=O)C1. The highest BCUT2D eigenvalue weighted by molar-refractivity contribution is 7.13. The Morgan fingerprint density at radius 1 is 1.35 bits per heavy atom. The number of nitrogens with zero attached hydrogens (tertiary/aromatic N) is 3. The van der Waals surface area contributed by atoms with Gasteiger partial charge in [-0.2, -0.15) is 11.3 Å². The summed E-state index contributed by atoms with van der Waals surface area (Å²) in [4.78, 5) is 31.7. The molecule has 104 valence electrons. The first-order valence-electron chi connectivity index (χ1n) is 6.23. The maximum atomic E-state index is 12.2. The second-order valence-corrected chi connectivity index (χ2v) is 6.14. The van der Waals surface area contributed by atoms with Crippen LogP contribution in [-0.4, -0.2) is 41.3 Å². The number of thiophene rings is 1. The van der Waals surface area contributed by atoms with Crippen molar-refractivity contribution in [3.05, 3.63) is 34.0 Å². The molecule has 1 aliphatic heterocycles. The second-order valence-electron chi connectivity index (χ2n) is 4.48. The van der Waals surface area contributed by atoms with Crippen LogP contribution in [0.25, 0.3) is 0 Å². The first-order chi connectivity index (χ1) is 9.74. The zero-order valence-corrected chi connectivity index (χ0v) is 12.3. The third-order valence-electron chi connectivity index (χ3n) is 3.16. The van der Waals surface area contributed by atoms with Gasteiger partial charge in [-0.3, -0.25) is 14.5 Å². The van der Waals surface area contributed by atoms with Gasteiger partial charge in [-0.1, -0.05) is 0 Å². The minimum absolute atomic E-state index is 0.00976. The molecule has 0 spiro atoms. The number of thiazole rings is 1. The molecule has 20 heavy (non-hydrogen) atoms. The normalized spacial score (nSPS) is 15.7. The summed E-state index contributed by atoms with van der Waals surface area (Å²) < 4.78 is 0. The van der Waals surface area contributed by atoms with E-state index in [1.165, 1.54) is 11.3 Å². The van der Waals surface area contributed by atoms with Crippen molar-refractivity contribution in [3.63, 3.8) is 0 Å². The van der Waals surface area contributed by atoms with Gasteiger partial charge in [0.05, 0.1) is 6.42 Å². The average Bonchev–Trinajstić information content (AvgIpc) is 3.11. The van der Waals surface area contributed by atoms with Gasteiger partial charge in [0.1, 0.15) is 6.54 Å². The molecule has 1 aliphatic rings. The number of carbonyl (C=O) groups is 2. The van der Waals surface area contributed by atoms with Gasteiger partial charge in [-0.05, 0) is 22.4 Å². The predicted octanol–water partition coefficient (Wildman–Crippen LogP) is 1.62. The van der Waals surface area contributed by atoms with Gasteiger partial charge < -0.3 is 4.90 Å². The summed E-state index contributed by atoms with van der Waals surface area (Å²) in [7, 11) is 0. The molecular weight excluding hydrogens is 294 g/mol. The number of amides is 2. The fourth-order valence-corrected chi connectivity index (χ4v) is 3.47. The first-order valence-corrected chi connectivity index (χ1v) is 8.05. The molecule has 2 aromatic rings. The first kappa shape index (κ1) is 13.3. The second kappa shape index (κ2) is 5.72. The van der Waals surface area contributed by atoms with E-state index < -0.39 is 0 Å². The highest BCUT2D eigenvalue weighted by atomic mass is 32.1. The summed E-state index contributed by atoms with van der Waals surface area (Å²) in [6.45, 7) is 1.22. The van der Waals surface area contributed by atoms with Gasteiger partial charge in [0, 0.05) is 24.7 Å². The number of aromatic nitrogens is 1. The van der Waals surface area contributed by atoms with Gasteiger partial charge in [0.25, 0.3) is 0 Å². The van der Waals surface area contributed by atoms with E-state index in [1.807, 2.05) is 22.2 Å². The summed E-state index contributed by atoms with van der Waals surface area (Å²) in [6, 6.07) is 1.94. The Hall–Kier alpha value is -1.73. The molecule has 0 aromatic carbocycles. The Labute approximate surface area is 124 Å². The molecule has 0 aliphatic carbocycles. The van der Waals surface area contributed by atoms with E-state index in [9.17, 15) is 9.59 Å². The quantitative estimate of drug-likeness (QED) is 0.866. The van der Waals surface area contributed by atoms with E-state index in [1.54, 1.807) is 27.3 Å². The van der Waals surface area contributed by atoms with E-state index in [0.29, 0.717) is 24.6 Å². The predicted molar refractivity (Wildman–Crippen MR) is 79.1 cm³/mol. The molecule has 7 heteroatoms. The van der Waals surface area contributed by atoms with Gasteiger partial charge in [0.15, 0.2) is 5.13 Å². The molecule has 0 radical (unpaired) electrons. The van der Waals surface area contributed by atoms with Crippen LogP contribution in [0.5, 0.6) is 0 Å². The number of hydrogen-bond donors (Lipinski definition) is 0. The van der Waals surface area contributed by atoms with Crippen LogP contribution in [0.3, 0.4) is 0 Å². The molecule has 2 amide bonds. The van der Waals surface area contributed by atoms with Crippen molar-refractivity contribution in [1.29, 1.82) is 0 Å². The number of rotatable bonds is 3. The average molecular weight is 307 g/mol. The smallest absolute Gasteiger partial charge is 0.248 e. The van der Waals surface area contributed by atoms with Crippen LogP contribution >= 0.6 is 22.7 Å². The number of piperazine rings is 1. The number of anilines is 1. The Bertz CT molecular complexity index is 593. The Balaban J connectivity index is 1.62. The summed E-state index contributed by atoms with van der Waals surface area (Å²) in [6.07, 6.45) is 2.05. The largest absolute Gasteiger partial charge is 0.331 e. The molecule has 0 bridgehead atoms. The molecule has 1 fully saturated rings. The van der Waals surface area contributed by atoms with Crippen molar-refractivity contribution in [3.8, 4) is 0 Å². The minimum atomic E-state index is -0.0649. The van der Waals surface area contributed by atoms with Gasteiger partial charge in [-0.25, -0.2) is 4.98 Å². The monoisotopic (exact) mass is 307 g/mol. The lowest BCUT2D eigenvalue weighted by molar-refractivity contribution is -0.136. The van der Waals surface area contributed by atoms with Crippen molar-refractivity contribution < 1.29 is 9.59 Å². The topological polar surface area (TPSA) is 53.5 Å². The fraction of sp³-hybridized carbons (Fsp3) is 0.308. The number of carbonyl (C=O) groups excluding carboxylic acids is 2. The van der Waals surface area contributed by atoms with Crippen LogP contribution < -0.4 is 4.90 Å². The summed E-state index contributed by atoms with van der Waals surface area (Å²) in [5.41, 5.74) is 1.01. The standard InChI is InChI=1S/C13H13N3O2S2/c17-11(7-10-1-5-19-9-10)15-3-4-16(12(18)8-15)13-14-2-6-20-13/h1-2,5-6,9H,3-4,7-8H2. The van der Waals surface area contributed by atoms with Crippen LogP contribution in [0.1, 0.15) is 5.56 Å². The van der Waals surface area contributed by atoms with Crippen molar-refractivity contribution in [1.82, 2.24) is 9.88 Å². The maximum absolute atomic E-state index is 12.2. The summed E-state index contributed by atoms with van der Waals surface area (Å²) in [5, 5.41) is 6.47. The Kier molecular flexibility index (Phi) is 3.79. The maximum Gasteiger partial charge on any atom is 0.248 e. The van der Waals surface area contributed by atoms with Gasteiger partial charge in [-0.15, -0.1) is 11.3 Å². The van der Waals surface area contributed by atoms with E-state index >= 15 is 0 Å². The Morgan fingerprint density at radius 3 is 2.90 bits per heavy atom. The molecular formula is C13H13N3O2S2. The highest BCUT2D eigenvalue weighted by Crippen LogP contribution is 2.20. The molecule has 5 nitrogen and oxygen atoms in total. The third-order valence-corrected chi connectivity index (χ3v) is 4.69. The lowest BCUT2D eigenvalue weighted by Gasteiger charge is -2.32. The van der Waals surface area contributed by atoms with Crippen LogP contribution in [0.2, 0.25) is 0 Å². The van der Waals surface area contributed by atoms with Crippen LogP contribution in [0.15, 0.2) is 28.4 Å². The summed E-state index contributed by atoms with van der Waals surface area (Å²) >= 11 is 3.01. The van der Waals surface area contributed by atoms with Crippen molar-refractivity contribution in [2.24, 2.45) is 0 Å². The van der Waals surface area contributed by atoms with Crippen molar-refractivity contribution in [2.45, 2.75) is 6.42 Å². The molecule has 1 saturated heterocycles. The zero-order valence-electron chi connectivity index (χ0n) is 10.7. The van der Waals surface area contributed by atoms with Crippen molar-refractivity contribution in [2.75, 3.05) is 24.5 Å². The van der Waals surface area contributed by atoms with E-state index in [-0.39, 0.29) is 18.4 Å². The lowest BCUT2D eigenvalue weighted by Crippen LogP contribution is -2.52. The molecule has 3 rings (SSSR count). The van der Waals surface area contributed by atoms with E-state index in [2.05, 4.69) is 4.98 Å². The third kappa shape index (κ3) is 2.73. The van der Waals surface area contributed by atoms with Crippen molar-refractivity contribution >= 4 is 39.6 Å². The number of hydrogen-bond acceptors (Lipinski definition) is 5. The summed E-state index contributed by atoms with van der Waals surface area (Å²) in [5.74, 6) is -0.0552. The fourth-order valence-electron chi connectivity index (χ4n) is 2.12. The molecule has 3 heterocycles. The zero-order chi connectivity index (χ0) is 13.9. The minimum Gasteiger partial charge on any atom is -0.331 e. The molecule has 0 saturated carbocycles.